The number of hydrogen-bond acceptors (Lipinski definition) is 8. The number of hydrogen-bond donors (Lipinski definition) is 1. The van der Waals surface area contributed by atoms with E-state index in [2.05, 4.69) is 55.1 Å². The van der Waals surface area contributed by atoms with Gasteiger partial charge in [0.1, 0.15) is 17.2 Å². The topological polar surface area (TPSA) is 85.8 Å². The van der Waals surface area contributed by atoms with Gasteiger partial charge in [-0.15, -0.1) is 23.5 Å². The maximum Gasteiger partial charge on any atom is 0.155 e. The molecule has 0 fully saturated rings. The Morgan fingerprint density at radius 1 is 0.712 bits per heavy atom. The van der Waals surface area contributed by atoms with Crippen molar-refractivity contribution >= 4 is 64.1 Å². The molecule has 2 aromatic carbocycles. The van der Waals surface area contributed by atoms with E-state index >= 15 is 0 Å². The van der Waals surface area contributed by atoms with Gasteiger partial charge in [0.25, 0.3) is 0 Å². The number of rotatable bonds is 4. The number of thioether (sulfide) groups is 2. The molecule has 52 heavy (non-hydrogen) atoms. The Morgan fingerprint density at radius 2 is 1.27 bits per heavy atom. The smallest absolute Gasteiger partial charge is 0.155 e. The van der Waals surface area contributed by atoms with Gasteiger partial charge in [-0.3, -0.25) is 19.3 Å². The Balaban J connectivity index is 0.000000162. The molecule has 6 heterocycles. The van der Waals surface area contributed by atoms with Crippen molar-refractivity contribution in [1.29, 1.82) is 0 Å². The SMILES string of the molecule is CC1=Nc2c(c(-c3ccccn3)nn2C)C(c2ccc(Cl)cc2C)SC1.Cc1cc(Cl)ccc1C1SCC(C)Nc2c1c(-c1ccccn1)nn2C. The summed E-state index contributed by atoms with van der Waals surface area (Å²) in [6.07, 6.45) is 3.62. The van der Waals surface area contributed by atoms with Gasteiger partial charge in [0.15, 0.2) is 5.82 Å². The first-order valence-electron chi connectivity index (χ1n) is 17.1. The second-order valence-electron chi connectivity index (χ2n) is 13.2. The predicted molar refractivity (Wildman–Crippen MR) is 220 cm³/mol. The number of fused-ring (bicyclic) bond motifs is 2. The minimum atomic E-state index is 0.133. The molecule has 0 saturated carbocycles. The van der Waals surface area contributed by atoms with E-state index in [4.69, 9.17) is 38.4 Å². The van der Waals surface area contributed by atoms with E-state index in [-0.39, 0.29) is 10.5 Å². The highest BCUT2D eigenvalue weighted by molar-refractivity contribution is 8.00. The van der Waals surface area contributed by atoms with E-state index in [0.717, 1.165) is 67.2 Å². The Bertz CT molecular complexity index is 2200. The van der Waals surface area contributed by atoms with Crippen LogP contribution in [-0.4, -0.2) is 52.8 Å². The molecule has 12 heteroatoms. The average Bonchev–Trinajstić information content (AvgIpc) is 3.47. The second-order valence-corrected chi connectivity index (χ2v) is 16.3. The molecule has 0 bridgehead atoms. The van der Waals surface area contributed by atoms with Crippen LogP contribution in [0.3, 0.4) is 0 Å². The van der Waals surface area contributed by atoms with Crippen LogP contribution < -0.4 is 5.32 Å². The molecule has 4 aromatic heterocycles. The fourth-order valence-electron chi connectivity index (χ4n) is 6.71. The van der Waals surface area contributed by atoms with Crippen molar-refractivity contribution in [3.8, 4) is 22.8 Å². The lowest BCUT2D eigenvalue weighted by Gasteiger charge is -2.18. The zero-order valence-electron chi connectivity index (χ0n) is 29.9. The van der Waals surface area contributed by atoms with Crippen molar-refractivity contribution in [3.05, 3.63) is 129 Å². The summed E-state index contributed by atoms with van der Waals surface area (Å²) >= 11 is 16.2. The van der Waals surface area contributed by atoms with E-state index in [9.17, 15) is 0 Å². The second kappa shape index (κ2) is 15.5. The highest BCUT2D eigenvalue weighted by atomic mass is 35.5. The summed E-state index contributed by atoms with van der Waals surface area (Å²) in [7, 11) is 3.94. The zero-order valence-corrected chi connectivity index (χ0v) is 33.1. The molecular weight excluding hydrogens is 728 g/mol. The molecule has 0 saturated heterocycles. The maximum atomic E-state index is 6.20. The molecule has 6 aromatic rings. The third-order valence-corrected chi connectivity index (χ3v) is 12.5. The number of nitrogens with zero attached hydrogens (tertiary/aromatic N) is 7. The van der Waals surface area contributed by atoms with Gasteiger partial charge in [-0.05, 0) is 98.5 Å². The van der Waals surface area contributed by atoms with Crippen LogP contribution in [0.5, 0.6) is 0 Å². The van der Waals surface area contributed by atoms with Crippen LogP contribution in [0, 0.1) is 13.8 Å². The Morgan fingerprint density at radius 3 is 1.83 bits per heavy atom. The Kier molecular flexibility index (Phi) is 10.8. The van der Waals surface area contributed by atoms with Crippen molar-refractivity contribution in [3.63, 3.8) is 0 Å². The molecule has 0 radical (unpaired) electrons. The first-order valence-corrected chi connectivity index (χ1v) is 20.0. The van der Waals surface area contributed by atoms with Gasteiger partial charge in [0.05, 0.1) is 21.9 Å². The standard InChI is InChI=1S/C20H21ClN4S.C20H19ClN4S/c2*1-12-10-14(21)7-8-15(12)19-17-18(16-6-4-5-9-22-16)24-25(3)20(17)23-13(2)11-26-19/h4-10,13,19,23H,11H2,1-3H3;4-10,19H,11H2,1-3H3. The summed E-state index contributed by atoms with van der Waals surface area (Å²) in [5, 5.41) is 15.1. The fraction of sp³-hybridized carbons (Fsp3) is 0.275. The highest BCUT2D eigenvalue weighted by Crippen LogP contribution is 2.49. The normalized spacial score (nSPS) is 18.2. The van der Waals surface area contributed by atoms with Gasteiger partial charge >= 0.3 is 0 Å². The molecule has 3 atom stereocenters. The predicted octanol–water partition coefficient (Wildman–Crippen LogP) is 10.5. The molecule has 2 aliphatic heterocycles. The molecule has 8 nitrogen and oxygen atoms in total. The Labute approximate surface area is 323 Å². The molecule has 3 unspecified atom stereocenters. The Hall–Kier alpha value is -4.09. The van der Waals surface area contributed by atoms with Crippen molar-refractivity contribution < 1.29 is 0 Å². The monoisotopic (exact) mass is 766 g/mol. The summed E-state index contributed by atoms with van der Waals surface area (Å²) in [5.74, 6) is 3.88. The lowest BCUT2D eigenvalue weighted by molar-refractivity contribution is 0.757. The summed E-state index contributed by atoms with van der Waals surface area (Å²) < 4.78 is 3.81. The number of benzene rings is 2. The number of anilines is 1. The minimum absolute atomic E-state index is 0.133. The maximum absolute atomic E-state index is 6.20. The number of aromatic nitrogens is 6. The van der Waals surface area contributed by atoms with Crippen LogP contribution in [0.15, 0.2) is 90.2 Å². The molecule has 2 aliphatic rings. The third-order valence-electron chi connectivity index (χ3n) is 9.16. The molecule has 0 spiro atoms. The van der Waals surface area contributed by atoms with Crippen LogP contribution in [-0.2, 0) is 14.1 Å². The van der Waals surface area contributed by atoms with E-state index in [1.807, 2.05) is 114 Å². The van der Waals surface area contributed by atoms with Gasteiger partial charge < -0.3 is 5.32 Å². The summed E-state index contributed by atoms with van der Waals surface area (Å²) in [5.41, 5.74) is 11.9. The lowest BCUT2D eigenvalue weighted by Crippen LogP contribution is -2.18. The third kappa shape index (κ3) is 7.39. The van der Waals surface area contributed by atoms with Crippen molar-refractivity contribution in [2.75, 3.05) is 16.8 Å². The molecule has 1 N–H and O–H groups in total. The number of halogens is 2. The van der Waals surface area contributed by atoms with Crippen molar-refractivity contribution in [2.24, 2.45) is 19.1 Å². The van der Waals surface area contributed by atoms with Crippen LogP contribution in [0.2, 0.25) is 10.0 Å². The number of nitrogens with one attached hydrogen (secondary N) is 1. The number of aliphatic imine (C=N–C) groups is 1. The zero-order chi connectivity index (χ0) is 36.5. The fourth-order valence-corrected chi connectivity index (χ4v) is 9.86. The molecular formula is C40H40Cl2N8S2. The molecule has 0 amide bonds. The van der Waals surface area contributed by atoms with Crippen molar-refractivity contribution in [1.82, 2.24) is 29.5 Å². The summed E-state index contributed by atoms with van der Waals surface area (Å²) in [4.78, 5) is 13.9. The van der Waals surface area contributed by atoms with E-state index in [1.165, 1.54) is 27.8 Å². The van der Waals surface area contributed by atoms with Crippen molar-refractivity contribution in [2.45, 2.75) is 44.2 Å². The highest BCUT2D eigenvalue weighted by Gasteiger charge is 2.33. The van der Waals surface area contributed by atoms with E-state index in [0.29, 0.717) is 6.04 Å². The first kappa shape index (κ1) is 36.3. The van der Waals surface area contributed by atoms with Gasteiger partial charge in [-0.1, -0.05) is 47.5 Å². The quantitative estimate of drug-likeness (QED) is 0.191. The lowest BCUT2D eigenvalue weighted by atomic mass is 9.98. The van der Waals surface area contributed by atoms with Gasteiger partial charge in [0.2, 0.25) is 0 Å². The van der Waals surface area contributed by atoms with Crippen LogP contribution >= 0.6 is 46.7 Å². The number of pyridine rings is 2. The van der Waals surface area contributed by atoms with Crippen LogP contribution in [0.4, 0.5) is 11.6 Å². The minimum Gasteiger partial charge on any atom is -0.367 e. The molecule has 0 aliphatic carbocycles. The molecule has 8 rings (SSSR count). The summed E-state index contributed by atoms with van der Waals surface area (Å²) in [6, 6.07) is 24.5. The van der Waals surface area contributed by atoms with Gasteiger partial charge in [-0.2, -0.15) is 10.2 Å². The van der Waals surface area contributed by atoms with E-state index in [1.54, 1.807) is 6.20 Å². The van der Waals surface area contributed by atoms with Crippen LogP contribution in [0.1, 0.15) is 57.7 Å². The van der Waals surface area contributed by atoms with Crippen LogP contribution in [0.25, 0.3) is 22.8 Å². The first-order chi connectivity index (χ1) is 25.1. The van der Waals surface area contributed by atoms with E-state index < -0.39 is 0 Å². The summed E-state index contributed by atoms with van der Waals surface area (Å²) in [6.45, 7) is 8.51. The average molecular weight is 768 g/mol. The van der Waals surface area contributed by atoms with Gasteiger partial charge in [-0.25, -0.2) is 4.99 Å². The number of aryl methyl sites for hydroxylation is 4. The van der Waals surface area contributed by atoms with Gasteiger partial charge in [0, 0.05) is 70.9 Å². The molecule has 266 valence electrons. The largest absolute Gasteiger partial charge is 0.367 e.